The average molecular weight is 646 g/mol. The van der Waals surface area contributed by atoms with Crippen LogP contribution < -0.4 is 21.0 Å². The fourth-order valence-electron chi connectivity index (χ4n) is 7.19. The molecular weight excluding hydrogens is 603 g/mol. The first kappa shape index (κ1) is 31.6. The van der Waals surface area contributed by atoms with Crippen molar-refractivity contribution in [3.8, 4) is 0 Å². The molecule has 0 spiro atoms. The molecular formula is C36H42F3N7O. The van der Waals surface area contributed by atoms with Gasteiger partial charge < -0.3 is 20.1 Å². The van der Waals surface area contributed by atoms with E-state index in [0.29, 0.717) is 24.2 Å². The van der Waals surface area contributed by atoms with Crippen molar-refractivity contribution in [3.63, 3.8) is 0 Å². The number of nitrogens with zero attached hydrogens (tertiary/aromatic N) is 6. The van der Waals surface area contributed by atoms with Gasteiger partial charge in [0, 0.05) is 79.5 Å². The summed E-state index contributed by atoms with van der Waals surface area (Å²) < 4.78 is 46.9. The van der Waals surface area contributed by atoms with Crippen LogP contribution in [-0.4, -0.2) is 63.6 Å². The zero-order valence-electron chi connectivity index (χ0n) is 27.0. The Hall–Kier alpha value is -3.96. The van der Waals surface area contributed by atoms with Crippen molar-refractivity contribution in [2.45, 2.75) is 83.1 Å². The summed E-state index contributed by atoms with van der Waals surface area (Å²) in [5, 5.41) is 0.284. The van der Waals surface area contributed by atoms with Crippen LogP contribution in [0, 0.1) is 19.7 Å². The van der Waals surface area contributed by atoms with Crippen LogP contribution in [0.4, 0.5) is 24.5 Å². The summed E-state index contributed by atoms with van der Waals surface area (Å²) in [6, 6.07) is 10.2. The summed E-state index contributed by atoms with van der Waals surface area (Å²) in [5.74, 6) is -3.79. The number of pyridine rings is 3. The summed E-state index contributed by atoms with van der Waals surface area (Å²) >= 11 is 0. The molecule has 4 aromatic rings. The molecule has 0 radical (unpaired) electrons. The highest BCUT2D eigenvalue weighted by Crippen LogP contribution is 2.39. The second-order valence-electron chi connectivity index (χ2n) is 13.6. The van der Waals surface area contributed by atoms with E-state index in [1.54, 1.807) is 6.07 Å². The number of piperidine rings is 2. The predicted molar refractivity (Wildman–Crippen MR) is 179 cm³/mol. The first-order valence-electron chi connectivity index (χ1n) is 16.6. The smallest absolute Gasteiger partial charge is 0.280 e. The van der Waals surface area contributed by atoms with Crippen molar-refractivity contribution in [1.82, 2.24) is 19.4 Å². The van der Waals surface area contributed by atoms with E-state index < -0.39 is 24.3 Å². The normalized spacial score (nSPS) is 21.5. The maximum absolute atomic E-state index is 15.7. The van der Waals surface area contributed by atoms with Gasteiger partial charge in [0.1, 0.15) is 5.82 Å². The molecule has 0 unspecified atom stereocenters. The molecule has 5 heterocycles. The number of rotatable bonds is 8. The number of hydrogen-bond acceptors (Lipinski definition) is 7. The fraction of sp³-hybridized carbons (Fsp3) is 0.472. The molecule has 0 bridgehead atoms. The molecule has 2 aliphatic heterocycles. The van der Waals surface area contributed by atoms with Gasteiger partial charge >= 0.3 is 0 Å². The predicted octanol–water partition coefficient (Wildman–Crippen LogP) is 5.73. The molecule has 11 heteroatoms. The molecule has 1 aliphatic carbocycles. The molecule has 2 N–H and O–H groups in total. The Kier molecular flexibility index (Phi) is 8.46. The Morgan fingerprint density at radius 3 is 2.53 bits per heavy atom. The lowest BCUT2D eigenvalue weighted by Crippen LogP contribution is -2.55. The summed E-state index contributed by atoms with van der Waals surface area (Å²) in [6.45, 7) is 6.29. The molecule has 2 saturated heterocycles. The molecule has 0 amide bonds. The van der Waals surface area contributed by atoms with E-state index in [4.69, 9.17) is 5.73 Å². The number of aryl methyl sites for hydroxylation is 2. The standard InChI is InChI=1S/C36H42F3N7O/c1-23-5-6-28(17-42-23)43-12-3-4-29(21-43)45(18-25-9-11-41-24(2)14-25)19-26-20-46(27-7-8-27)32-16-33(31(37)15-30(32)35(26)47)44-13-10-34(40)36(38,39)22-44/h5-6,9,11,14-17,20,27,29,34H,3-4,7-8,10,12-13,18-19,21-22,40H2,1-2H3/t29-,34-/m0/s1. The Morgan fingerprint density at radius 1 is 0.979 bits per heavy atom. The maximum Gasteiger partial charge on any atom is 0.280 e. The van der Waals surface area contributed by atoms with E-state index in [-0.39, 0.29) is 41.6 Å². The van der Waals surface area contributed by atoms with E-state index in [9.17, 15) is 13.6 Å². The summed E-state index contributed by atoms with van der Waals surface area (Å²) in [7, 11) is 0. The van der Waals surface area contributed by atoms with E-state index >= 15 is 4.39 Å². The Bertz CT molecular complexity index is 1820. The summed E-state index contributed by atoms with van der Waals surface area (Å²) in [5.41, 5.74) is 10.8. The first-order valence-corrected chi connectivity index (χ1v) is 16.6. The Labute approximate surface area is 273 Å². The molecule has 3 fully saturated rings. The van der Waals surface area contributed by atoms with Gasteiger partial charge in [-0.05, 0) is 87.9 Å². The average Bonchev–Trinajstić information content (AvgIpc) is 3.89. The molecule has 3 aliphatic rings. The number of anilines is 2. The van der Waals surface area contributed by atoms with Crippen molar-refractivity contribution in [2.75, 3.05) is 36.0 Å². The number of aromatic nitrogens is 3. The number of halogens is 3. The molecule has 2 atom stereocenters. The van der Waals surface area contributed by atoms with Gasteiger partial charge in [-0.1, -0.05) is 0 Å². The van der Waals surface area contributed by atoms with Gasteiger partial charge in [-0.25, -0.2) is 13.2 Å². The number of hydrogen-bond donors (Lipinski definition) is 1. The lowest BCUT2D eigenvalue weighted by molar-refractivity contribution is -0.0301. The van der Waals surface area contributed by atoms with E-state index in [0.717, 1.165) is 61.4 Å². The topological polar surface area (TPSA) is 83.5 Å². The minimum atomic E-state index is -3.12. The first-order chi connectivity index (χ1) is 22.6. The third-order valence-corrected chi connectivity index (χ3v) is 10.0. The van der Waals surface area contributed by atoms with Gasteiger partial charge in [0.2, 0.25) is 0 Å². The fourth-order valence-corrected chi connectivity index (χ4v) is 7.19. The minimum Gasteiger partial charge on any atom is -0.369 e. The molecule has 47 heavy (non-hydrogen) atoms. The monoisotopic (exact) mass is 645 g/mol. The lowest BCUT2D eigenvalue weighted by Gasteiger charge is -2.40. The Balaban J connectivity index is 1.24. The highest BCUT2D eigenvalue weighted by molar-refractivity contribution is 5.84. The van der Waals surface area contributed by atoms with Crippen LogP contribution in [0.25, 0.3) is 10.9 Å². The Morgan fingerprint density at radius 2 is 1.81 bits per heavy atom. The van der Waals surface area contributed by atoms with Crippen LogP contribution in [-0.2, 0) is 13.1 Å². The van der Waals surface area contributed by atoms with E-state index in [1.165, 1.54) is 11.0 Å². The third kappa shape index (κ3) is 6.60. The number of alkyl halides is 2. The SMILES string of the molecule is Cc1ccc(N2CCC[C@H](N(Cc3ccnc(C)c3)Cc3cn(C4CC4)c4cc(N5CC[C@H](N)C(F)(F)C5)c(F)cc4c3=O)C2)cn1. The lowest BCUT2D eigenvalue weighted by atomic mass is 10.00. The molecule has 1 aromatic carbocycles. The van der Waals surface area contributed by atoms with Gasteiger partial charge in [0.05, 0.1) is 35.7 Å². The van der Waals surface area contributed by atoms with Crippen LogP contribution in [0.15, 0.2) is 59.8 Å². The van der Waals surface area contributed by atoms with E-state index in [1.807, 2.05) is 44.6 Å². The largest absolute Gasteiger partial charge is 0.369 e. The zero-order chi connectivity index (χ0) is 32.9. The molecule has 248 valence electrons. The van der Waals surface area contributed by atoms with Crippen molar-refractivity contribution in [1.29, 1.82) is 0 Å². The summed E-state index contributed by atoms with van der Waals surface area (Å²) in [6.07, 6.45) is 9.61. The zero-order valence-corrected chi connectivity index (χ0v) is 27.0. The van der Waals surface area contributed by atoms with Gasteiger partial charge in [0.15, 0.2) is 5.43 Å². The molecule has 3 aromatic heterocycles. The molecule has 8 nitrogen and oxygen atoms in total. The molecule has 7 rings (SSSR count). The number of fused-ring (bicyclic) bond motifs is 1. The molecule has 1 saturated carbocycles. The second-order valence-corrected chi connectivity index (χ2v) is 13.6. The van der Waals surface area contributed by atoms with Crippen molar-refractivity contribution < 1.29 is 13.2 Å². The third-order valence-electron chi connectivity index (χ3n) is 10.0. The van der Waals surface area contributed by atoms with Crippen molar-refractivity contribution in [2.24, 2.45) is 5.73 Å². The maximum atomic E-state index is 15.7. The van der Waals surface area contributed by atoms with Crippen LogP contribution in [0.5, 0.6) is 0 Å². The quantitative estimate of drug-likeness (QED) is 0.262. The van der Waals surface area contributed by atoms with E-state index in [2.05, 4.69) is 36.5 Å². The number of benzene rings is 1. The summed E-state index contributed by atoms with van der Waals surface area (Å²) in [4.78, 5) is 29.2. The number of nitrogens with two attached hydrogens (primary N) is 1. The van der Waals surface area contributed by atoms with Crippen LogP contribution in [0.1, 0.15) is 60.7 Å². The van der Waals surface area contributed by atoms with Gasteiger partial charge in [-0.3, -0.25) is 19.7 Å². The highest BCUT2D eigenvalue weighted by Gasteiger charge is 2.43. The van der Waals surface area contributed by atoms with Crippen molar-refractivity contribution in [3.05, 3.63) is 93.5 Å². The van der Waals surface area contributed by atoms with Gasteiger partial charge in [-0.2, -0.15) is 0 Å². The van der Waals surface area contributed by atoms with Crippen LogP contribution in [0.3, 0.4) is 0 Å². The second kappa shape index (κ2) is 12.6. The minimum absolute atomic E-state index is 0.0602. The van der Waals surface area contributed by atoms with Crippen molar-refractivity contribution >= 4 is 22.3 Å². The highest BCUT2D eigenvalue weighted by atomic mass is 19.3. The van der Waals surface area contributed by atoms with Crippen LogP contribution in [0.2, 0.25) is 0 Å². The van der Waals surface area contributed by atoms with Gasteiger partial charge in [-0.15, -0.1) is 0 Å². The van der Waals surface area contributed by atoms with Crippen LogP contribution >= 0.6 is 0 Å². The van der Waals surface area contributed by atoms with Gasteiger partial charge in [0.25, 0.3) is 5.92 Å².